The highest BCUT2D eigenvalue weighted by atomic mass is 32.1. The Morgan fingerprint density at radius 2 is 1.85 bits per heavy atom. The quantitative estimate of drug-likeness (QED) is 0.402. The van der Waals surface area contributed by atoms with Crippen LogP contribution in [0.1, 0.15) is 51.1 Å². The fraction of sp³-hybridized carbons (Fsp3) is 0.375. The summed E-state index contributed by atoms with van der Waals surface area (Å²) in [5.74, 6) is 2.38. The predicted octanol–water partition coefficient (Wildman–Crippen LogP) is 4.19. The van der Waals surface area contributed by atoms with Gasteiger partial charge in [-0.25, -0.2) is 9.97 Å². The number of rotatable bonds is 6. The maximum Gasteiger partial charge on any atom is 0.269 e. The van der Waals surface area contributed by atoms with Crippen LogP contribution in [-0.2, 0) is 6.42 Å². The standard InChI is InChI=1S/C24H25N5O3S/c1-16-20(15-17-4-8-19(9-5-17)29(31)32)23(26-22(25-16)18-6-7-18)27-10-12-28(13-11-27)24(30)21-3-2-14-33-21/h2-5,8-9,14,18H,6-7,10-13,15H2,1H3. The van der Waals surface area contributed by atoms with Gasteiger partial charge in [-0.1, -0.05) is 18.2 Å². The Morgan fingerprint density at radius 1 is 1.12 bits per heavy atom. The fourth-order valence-electron chi connectivity index (χ4n) is 4.21. The van der Waals surface area contributed by atoms with Crippen LogP contribution in [0.25, 0.3) is 0 Å². The van der Waals surface area contributed by atoms with E-state index >= 15 is 0 Å². The molecule has 8 nitrogen and oxygen atoms in total. The number of benzene rings is 1. The molecule has 1 aromatic carbocycles. The normalized spacial score (nSPS) is 16.2. The zero-order valence-electron chi connectivity index (χ0n) is 18.4. The molecule has 0 N–H and O–H groups in total. The summed E-state index contributed by atoms with van der Waals surface area (Å²) >= 11 is 1.47. The van der Waals surface area contributed by atoms with Gasteiger partial charge in [0, 0.05) is 61.9 Å². The summed E-state index contributed by atoms with van der Waals surface area (Å²) in [6.07, 6.45) is 2.87. The Kier molecular flexibility index (Phi) is 5.80. The second kappa shape index (κ2) is 8.90. The van der Waals surface area contributed by atoms with Gasteiger partial charge in [0.25, 0.3) is 11.6 Å². The molecule has 9 heteroatoms. The van der Waals surface area contributed by atoms with Crippen LogP contribution in [0, 0.1) is 17.0 Å². The van der Waals surface area contributed by atoms with Crippen molar-refractivity contribution in [2.45, 2.75) is 32.1 Å². The van der Waals surface area contributed by atoms with Crippen LogP contribution in [0.15, 0.2) is 41.8 Å². The van der Waals surface area contributed by atoms with Gasteiger partial charge in [-0.3, -0.25) is 14.9 Å². The summed E-state index contributed by atoms with van der Waals surface area (Å²) in [5, 5.41) is 12.9. The van der Waals surface area contributed by atoms with Gasteiger partial charge in [0.15, 0.2) is 0 Å². The molecule has 0 unspecified atom stereocenters. The van der Waals surface area contributed by atoms with E-state index in [0.29, 0.717) is 38.5 Å². The summed E-state index contributed by atoms with van der Waals surface area (Å²) < 4.78 is 0. The first kappa shape index (κ1) is 21.5. The molecule has 1 amide bonds. The molecular formula is C24H25N5O3S. The number of anilines is 1. The third-order valence-electron chi connectivity index (χ3n) is 6.28. The van der Waals surface area contributed by atoms with Crippen LogP contribution in [0.4, 0.5) is 11.5 Å². The van der Waals surface area contributed by atoms with Crippen molar-refractivity contribution in [2.24, 2.45) is 0 Å². The summed E-state index contributed by atoms with van der Waals surface area (Å²) in [4.78, 5) is 38.1. The van der Waals surface area contributed by atoms with Gasteiger partial charge in [-0.15, -0.1) is 11.3 Å². The maximum absolute atomic E-state index is 12.7. The van der Waals surface area contributed by atoms with Crippen molar-refractivity contribution in [3.05, 3.63) is 79.4 Å². The van der Waals surface area contributed by atoms with Gasteiger partial charge in [0.05, 0.1) is 9.80 Å². The number of thiophene rings is 1. The van der Waals surface area contributed by atoms with Crippen LogP contribution in [0.3, 0.4) is 0 Å². The number of hydrogen-bond donors (Lipinski definition) is 0. The summed E-state index contributed by atoms with van der Waals surface area (Å²) in [7, 11) is 0. The first-order valence-electron chi connectivity index (χ1n) is 11.2. The van der Waals surface area contributed by atoms with E-state index in [1.165, 1.54) is 11.3 Å². The van der Waals surface area contributed by atoms with E-state index in [0.717, 1.165) is 46.2 Å². The van der Waals surface area contributed by atoms with Crippen molar-refractivity contribution in [2.75, 3.05) is 31.1 Å². The monoisotopic (exact) mass is 463 g/mol. The number of amides is 1. The maximum atomic E-state index is 12.7. The number of carbonyl (C=O) groups is 1. The number of nitrogens with zero attached hydrogens (tertiary/aromatic N) is 5. The van der Waals surface area contributed by atoms with Gasteiger partial charge in [-0.2, -0.15) is 0 Å². The van der Waals surface area contributed by atoms with Crippen molar-refractivity contribution in [1.82, 2.24) is 14.9 Å². The van der Waals surface area contributed by atoms with Crippen LogP contribution < -0.4 is 4.90 Å². The lowest BCUT2D eigenvalue weighted by atomic mass is 10.0. The number of carbonyl (C=O) groups excluding carboxylic acids is 1. The molecule has 33 heavy (non-hydrogen) atoms. The van der Waals surface area contributed by atoms with E-state index in [1.807, 2.05) is 29.3 Å². The second-order valence-corrected chi connectivity index (χ2v) is 9.55. The largest absolute Gasteiger partial charge is 0.353 e. The smallest absolute Gasteiger partial charge is 0.269 e. The first-order chi connectivity index (χ1) is 16.0. The molecule has 2 aliphatic rings. The highest BCUT2D eigenvalue weighted by Gasteiger charge is 2.31. The third-order valence-corrected chi connectivity index (χ3v) is 7.14. The Balaban J connectivity index is 1.39. The van der Waals surface area contributed by atoms with E-state index < -0.39 is 0 Å². The average molecular weight is 464 g/mol. The number of aryl methyl sites for hydroxylation is 1. The van der Waals surface area contributed by atoms with Gasteiger partial charge >= 0.3 is 0 Å². The Morgan fingerprint density at radius 3 is 2.45 bits per heavy atom. The average Bonchev–Trinajstić information content (AvgIpc) is 3.54. The molecule has 2 aromatic heterocycles. The molecule has 5 rings (SSSR count). The molecule has 2 fully saturated rings. The Labute approximate surface area is 196 Å². The molecule has 170 valence electrons. The lowest BCUT2D eigenvalue weighted by Gasteiger charge is -2.36. The minimum Gasteiger partial charge on any atom is -0.353 e. The third kappa shape index (κ3) is 4.59. The first-order valence-corrected chi connectivity index (χ1v) is 12.1. The minimum absolute atomic E-state index is 0.0857. The van der Waals surface area contributed by atoms with Crippen molar-refractivity contribution in [3.63, 3.8) is 0 Å². The lowest BCUT2D eigenvalue weighted by Crippen LogP contribution is -2.49. The SMILES string of the molecule is Cc1nc(C2CC2)nc(N2CCN(C(=O)c3cccs3)CC2)c1Cc1ccc([N+](=O)[O-])cc1. The van der Waals surface area contributed by atoms with Crippen molar-refractivity contribution in [3.8, 4) is 0 Å². The Hall–Kier alpha value is -3.33. The summed E-state index contributed by atoms with van der Waals surface area (Å²) in [6.45, 7) is 4.75. The van der Waals surface area contributed by atoms with E-state index in [4.69, 9.17) is 9.97 Å². The van der Waals surface area contributed by atoms with Crippen LogP contribution in [0.5, 0.6) is 0 Å². The molecule has 0 bridgehead atoms. The second-order valence-electron chi connectivity index (χ2n) is 8.60. The topological polar surface area (TPSA) is 92.5 Å². The number of nitro groups is 1. The molecule has 0 radical (unpaired) electrons. The lowest BCUT2D eigenvalue weighted by molar-refractivity contribution is -0.384. The number of piperazine rings is 1. The summed E-state index contributed by atoms with van der Waals surface area (Å²) in [5.41, 5.74) is 3.07. The highest BCUT2D eigenvalue weighted by Crippen LogP contribution is 2.39. The van der Waals surface area contributed by atoms with Crippen LogP contribution in [0.2, 0.25) is 0 Å². The van der Waals surface area contributed by atoms with E-state index in [2.05, 4.69) is 4.90 Å². The van der Waals surface area contributed by atoms with E-state index in [1.54, 1.807) is 24.3 Å². The zero-order valence-corrected chi connectivity index (χ0v) is 19.3. The van der Waals surface area contributed by atoms with Crippen molar-refractivity contribution < 1.29 is 9.72 Å². The molecule has 1 aliphatic heterocycles. The molecule has 0 atom stereocenters. The number of non-ortho nitro benzene ring substituents is 1. The molecule has 0 spiro atoms. The zero-order chi connectivity index (χ0) is 22.9. The van der Waals surface area contributed by atoms with Gasteiger partial charge in [0.1, 0.15) is 11.6 Å². The summed E-state index contributed by atoms with van der Waals surface area (Å²) in [6, 6.07) is 10.5. The van der Waals surface area contributed by atoms with Crippen molar-refractivity contribution in [1.29, 1.82) is 0 Å². The van der Waals surface area contributed by atoms with Gasteiger partial charge in [-0.05, 0) is 36.8 Å². The van der Waals surface area contributed by atoms with Gasteiger partial charge < -0.3 is 9.80 Å². The minimum atomic E-state index is -0.384. The van der Waals surface area contributed by atoms with Crippen LogP contribution >= 0.6 is 11.3 Å². The molecular weight excluding hydrogens is 438 g/mol. The van der Waals surface area contributed by atoms with Gasteiger partial charge in [0.2, 0.25) is 0 Å². The molecule has 3 aromatic rings. The van der Waals surface area contributed by atoms with E-state index in [9.17, 15) is 14.9 Å². The Bertz CT molecular complexity index is 1170. The van der Waals surface area contributed by atoms with Crippen molar-refractivity contribution >= 4 is 28.7 Å². The molecule has 1 aliphatic carbocycles. The van der Waals surface area contributed by atoms with E-state index in [-0.39, 0.29) is 16.5 Å². The number of nitro benzene ring substituents is 1. The highest BCUT2D eigenvalue weighted by molar-refractivity contribution is 7.12. The predicted molar refractivity (Wildman–Crippen MR) is 127 cm³/mol. The fourth-order valence-corrected chi connectivity index (χ4v) is 4.90. The van der Waals surface area contributed by atoms with Crippen LogP contribution in [-0.4, -0.2) is 51.9 Å². The molecule has 1 saturated heterocycles. The molecule has 1 saturated carbocycles. The number of hydrogen-bond acceptors (Lipinski definition) is 7. The molecule has 3 heterocycles. The number of aromatic nitrogens is 2.